The molecule has 164 valence electrons. The number of aliphatic hydroxyl groups is 1. The standard InChI is InChI=1S/C21H22N2O4S4/c1-12(18-21(3,26)22-20(28)30-18)14-8-6-5-7-9-16(14)23(13(2)24)31-17-11-29-10-15(17)19(25)27-4/h5-11,14,26H,1-4H3,(H,22,28)/b18-12-. The number of thiocarbonyl (C=S) groups is 1. The summed E-state index contributed by atoms with van der Waals surface area (Å²) in [4.78, 5) is 26.1. The number of hydrogen-bond acceptors (Lipinski definition) is 8. The van der Waals surface area contributed by atoms with Gasteiger partial charge in [-0.2, -0.15) is 11.3 Å². The molecule has 1 saturated heterocycles. The number of esters is 1. The monoisotopic (exact) mass is 494 g/mol. The summed E-state index contributed by atoms with van der Waals surface area (Å²) in [6.45, 7) is 5.06. The lowest BCUT2D eigenvalue weighted by molar-refractivity contribution is -0.122. The Kier molecular flexibility index (Phi) is 7.48. The lowest BCUT2D eigenvalue weighted by Gasteiger charge is -2.30. The largest absolute Gasteiger partial charge is 0.465 e. The van der Waals surface area contributed by atoms with Crippen LogP contribution in [0, 0.1) is 5.92 Å². The van der Waals surface area contributed by atoms with Gasteiger partial charge in [-0.1, -0.05) is 48.3 Å². The first-order valence-electron chi connectivity index (χ1n) is 9.27. The van der Waals surface area contributed by atoms with E-state index in [0.29, 0.717) is 25.4 Å². The van der Waals surface area contributed by atoms with Gasteiger partial charge in [0.2, 0.25) is 5.91 Å². The molecule has 3 rings (SSSR count). The minimum Gasteiger partial charge on any atom is -0.465 e. The molecule has 6 nitrogen and oxygen atoms in total. The molecule has 2 N–H and O–H groups in total. The minimum absolute atomic E-state index is 0.191. The van der Waals surface area contributed by atoms with E-state index in [1.54, 1.807) is 16.6 Å². The van der Waals surface area contributed by atoms with Crippen LogP contribution < -0.4 is 5.32 Å². The molecule has 0 bridgehead atoms. The van der Waals surface area contributed by atoms with Gasteiger partial charge in [-0.15, -0.1) is 0 Å². The summed E-state index contributed by atoms with van der Waals surface area (Å²) in [5.74, 6) is -0.928. The van der Waals surface area contributed by atoms with Gasteiger partial charge in [-0.05, 0) is 37.4 Å². The van der Waals surface area contributed by atoms with Gasteiger partial charge >= 0.3 is 5.97 Å². The van der Waals surface area contributed by atoms with Gasteiger partial charge in [-0.25, -0.2) is 4.79 Å². The van der Waals surface area contributed by atoms with E-state index in [2.05, 4.69) is 5.32 Å². The second-order valence-electron chi connectivity index (χ2n) is 6.98. The predicted octanol–water partition coefficient (Wildman–Crippen LogP) is 4.62. The van der Waals surface area contributed by atoms with E-state index in [1.807, 2.05) is 42.7 Å². The lowest BCUT2D eigenvalue weighted by atomic mass is 9.93. The zero-order valence-corrected chi connectivity index (χ0v) is 20.6. The summed E-state index contributed by atoms with van der Waals surface area (Å²) in [5, 5.41) is 17.2. The number of thiophene rings is 1. The summed E-state index contributed by atoms with van der Waals surface area (Å²) in [5.41, 5.74) is 0.728. The maximum absolute atomic E-state index is 12.7. The Morgan fingerprint density at radius 1 is 1.29 bits per heavy atom. The lowest BCUT2D eigenvalue weighted by Crippen LogP contribution is -2.39. The Morgan fingerprint density at radius 3 is 2.65 bits per heavy atom. The second kappa shape index (κ2) is 9.74. The third kappa shape index (κ3) is 5.15. The summed E-state index contributed by atoms with van der Waals surface area (Å²) < 4.78 is 6.93. The number of carbonyl (C=O) groups excluding carboxylic acids is 2. The summed E-state index contributed by atoms with van der Waals surface area (Å²) in [6.07, 6.45) is 9.49. The highest BCUT2D eigenvalue weighted by molar-refractivity contribution is 8.26. The van der Waals surface area contributed by atoms with Crippen LogP contribution in [0.15, 0.2) is 62.2 Å². The zero-order chi connectivity index (χ0) is 22.8. The average Bonchev–Trinajstić information content (AvgIpc) is 3.18. The topological polar surface area (TPSA) is 78.9 Å². The van der Waals surface area contributed by atoms with Crippen molar-refractivity contribution in [2.75, 3.05) is 7.11 Å². The van der Waals surface area contributed by atoms with E-state index >= 15 is 0 Å². The molecule has 2 heterocycles. The molecule has 2 atom stereocenters. The van der Waals surface area contributed by atoms with Crippen LogP contribution in [0.25, 0.3) is 0 Å². The fourth-order valence-electron chi connectivity index (χ4n) is 3.25. The molecule has 0 aromatic carbocycles. The van der Waals surface area contributed by atoms with Crippen molar-refractivity contribution in [2.24, 2.45) is 5.92 Å². The van der Waals surface area contributed by atoms with Crippen molar-refractivity contribution in [3.8, 4) is 0 Å². The van der Waals surface area contributed by atoms with Crippen LogP contribution in [0.4, 0.5) is 0 Å². The van der Waals surface area contributed by atoms with Crippen LogP contribution in [-0.4, -0.2) is 38.4 Å². The maximum atomic E-state index is 12.7. The first-order valence-corrected chi connectivity index (χ1v) is 12.2. The molecule has 31 heavy (non-hydrogen) atoms. The quantitative estimate of drug-likeness (QED) is 0.349. The highest BCUT2D eigenvalue weighted by Gasteiger charge is 2.39. The van der Waals surface area contributed by atoms with E-state index in [4.69, 9.17) is 17.0 Å². The Hall–Kier alpha value is -1.85. The van der Waals surface area contributed by atoms with Crippen LogP contribution >= 0.6 is 47.3 Å². The number of ether oxygens (including phenoxy) is 1. The molecule has 2 aliphatic rings. The van der Waals surface area contributed by atoms with Crippen molar-refractivity contribution in [3.63, 3.8) is 0 Å². The van der Waals surface area contributed by atoms with Gasteiger partial charge in [0.05, 0.1) is 17.6 Å². The Morgan fingerprint density at radius 2 is 2.03 bits per heavy atom. The smallest absolute Gasteiger partial charge is 0.339 e. The fraction of sp³-hybridized carbons (Fsp3) is 0.286. The van der Waals surface area contributed by atoms with Gasteiger partial charge in [0.25, 0.3) is 0 Å². The second-order valence-corrected chi connectivity index (χ2v) is 10.4. The molecule has 1 amide bonds. The molecule has 0 saturated carbocycles. The van der Waals surface area contributed by atoms with E-state index in [0.717, 1.165) is 5.57 Å². The van der Waals surface area contributed by atoms with Gasteiger partial charge in [-0.3, -0.25) is 9.10 Å². The number of hydrogen-bond donors (Lipinski definition) is 2. The molecule has 2 unspecified atom stereocenters. The fourth-order valence-corrected chi connectivity index (χ4v) is 6.61. The van der Waals surface area contributed by atoms with E-state index in [1.165, 1.54) is 49.1 Å². The summed E-state index contributed by atoms with van der Waals surface area (Å²) >= 11 is 9.10. The first-order chi connectivity index (χ1) is 14.7. The number of nitrogens with one attached hydrogen (secondary N) is 1. The maximum Gasteiger partial charge on any atom is 0.339 e. The average molecular weight is 495 g/mol. The van der Waals surface area contributed by atoms with Crippen molar-refractivity contribution in [2.45, 2.75) is 31.4 Å². The van der Waals surface area contributed by atoms with Crippen molar-refractivity contribution in [1.82, 2.24) is 9.62 Å². The van der Waals surface area contributed by atoms with Crippen LogP contribution in [0.2, 0.25) is 0 Å². The molecule has 1 fully saturated rings. The third-order valence-corrected chi connectivity index (χ3v) is 8.30. The van der Waals surface area contributed by atoms with Crippen LogP contribution in [-0.2, 0) is 9.53 Å². The Balaban J connectivity index is 2.03. The summed E-state index contributed by atoms with van der Waals surface area (Å²) in [7, 11) is 1.33. The number of amides is 1. The van der Waals surface area contributed by atoms with Crippen molar-refractivity contribution in [3.05, 3.63) is 62.9 Å². The van der Waals surface area contributed by atoms with Gasteiger partial charge in [0, 0.05) is 34.2 Å². The molecule has 10 heteroatoms. The predicted molar refractivity (Wildman–Crippen MR) is 131 cm³/mol. The molecule has 1 aliphatic heterocycles. The number of methoxy groups -OCH3 is 1. The third-order valence-electron chi connectivity index (χ3n) is 4.66. The van der Waals surface area contributed by atoms with Crippen molar-refractivity contribution >= 4 is 63.5 Å². The molecule has 0 spiro atoms. The minimum atomic E-state index is -1.27. The van der Waals surface area contributed by atoms with Gasteiger partial charge in [0.1, 0.15) is 4.32 Å². The molecular weight excluding hydrogens is 473 g/mol. The van der Waals surface area contributed by atoms with E-state index < -0.39 is 11.7 Å². The highest BCUT2D eigenvalue weighted by Crippen LogP contribution is 2.43. The van der Waals surface area contributed by atoms with Crippen molar-refractivity contribution in [1.29, 1.82) is 0 Å². The number of carbonyl (C=O) groups is 2. The van der Waals surface area contributed by atoms with Crippen LogP contribution in [0.5, 0.6) is 0 Å². The number of allylic oxidation sites excluding steroid dienone is 5. The van der Waals surface area contributed by atoms with Gasteiger partial charge in [0.15, 0.2) is 5.72 Å². The number of rotatable bonds is 5. The molecular formula is C21H22N2O4S4. The van der Waals surface area contributed by atoms with Gasteiger partial charge < -0.3 is 15.2 Å². The van der Waals surface area contributed by atoms with E-state index in [9.17, 15) is 14.7 Å². The molecule has 1 aromatic heterocycles. The Bertz CT molecular complexity index is 1040. The highest BCUT2D eigenvalue weighted by atomic mass is 32.2. The molecule has 1 aliphatic carbocycles. The van der Waals surface area contributed by atoms with Crippen LogP contribution in [0.1, 0.15) is 31.1 Å². The van der Waals surface area contributed by atoms with Crippen molar-refractivity contribution < 1.29 is 19.4 Å². The Labute approximate surface area is 199 Å². The zero-order valence-electron chi connectivity index (χ0n) is 17.4. The summed E-state index contributed by atoms with van der Waals surface area (Å²) in [6, 6.07) is 0. The van der Waals surface area contributed by atoms with Crippen LogP contribution in [0.3, 0.4) is 0 Å². The van der Waals surface area contributed by atoms with E-state index in [-0.39, 0.29) is 11.8 Å². The number of thioether (sulfide) groups is 1. The first kappa shape index (κ1) is 23.8. The normalized spacial score (nSPS) is 24.4. The SMILES string of the molecule is COC(=O)c1cscc1SN(C(C)=O)C1=CC=CC=CC1/C(C)=C1\SC(=S)NC1(C)O. The number of nitrogens with zero attached hydrogens (tertiary/aromatic N) is 1. The molecule has 0 radical (unpaired) electrons. The molecule has 1 aromatic rings.